The van der Waals surface area contributed by atoms with Gasteiger partial charge in [0.1, 0.15) is 19.8 Å². The lowest BCUT2D eigenvalue weighted by Gasteiger charge is -2.26. The van der Waals surface area contributed by atoms with Crippen LogP contribution in [0.5, 0.6) is 0 Å². The topological polar surface area (TPSA) is 137 Å². The van der Waals surface area contributed by atoms with E-state index in [1.807, 2.05) is 0 Å². The maximum absolute atomic E-state index is 12.5. The number of benzene rings is 1. The summed E-state index contributed by atoms with van der Waals surface area (Å²) in [5.74, 6) is -0.605. The highest BCUT2D eigenvalue weighted by molar-refractivity contribution is 6.06. The largest absolute Gasteiger partial charge is 0.411 e. The van der Waals surface area contributed by atoms with Crippen LogP contribution in [0, 0.1) is 0 Å². The summed E-state index contributed by atoms with van der Waals surface area (Å²) in [4.78, 5) is 31.8. The van der Waals surface area contributed by atoms with Crippen molar-refractivity contribution >= 4 is 29.4 Å². The minimum Gasteiger partial charge on any atom is -0.362 e. The molecule has 0 aliphatic carbocycles. The van der Waals surface area contributed by atoms with Gasteiger partial charge in [-0.3, -0.25) is 19.9 Å². The maximum atomic E-state index is 12.5. The zero-order valence-electron chi connectivity index (χ0n) is 16.8. The Morgan fingerprint density at radius 3 is 2.66 bits per heavy atom. The second kappa shape index (κ2) is 10.8. The highest BCUT2D eigenvalue weighted by Crippen LogP contribution is 2.16. The number of carbonyl (C=O) groups excluding carboxylic acids is 2. The molecule has 2 heterocycles. The molecule has 14 heteroatoms. The molecule has 0 spiro atoms. The first-order chi connectivity index (χ1) is 15.3. The number of guanidine groups is 2. The predicted molar refractivity (Wildman–Crippen MR) is 108 cm³/mol. The van der Waals surface area contributed by atoms with Crippen LogP contribution < -0.4 is 26.6 Å². The molecular formula is C18H22F3N7O4. The van der Waals surface area contributed by atoms with E-state index in [-0.39, 0.29) is 50.7 Å². The molecule has 32 heavy (non-hydrogen) atoms. The van der Waals surface area contributed by atoms with Crippen LogP contribution in [0.3, 0.4) is 0 Å². The molecule has 1 unspecified atom stereocenters. The van der Waals surface area contributed by atoms with Gasteiger partial charge in [0.25, 0.3) is 0 Å². The van der Waals surface area contributed by atoms with Crippen LogP contribution in [0.2, 0.25) is 0 Å². The van der Waals surface area contributed by atoms with Crippen molar-refractivity contribution in [1.29, 1.82) is 0 Å². The molecule has 174 valence electrons. The zero-order valence-corrected chi connectivity index (χ0v) is 16.8. The lowest BCUT2D eigenvalue weighted by Crippen LogP contribution is -2.54. The van der Waals surface area contributed by atoms with Crippen molar-refractivity contribution in [3.05, 3.63) is 29.8 Å². The summed E-state index contributed by atoms with van der Waals surface area (Å²) in [6.07, 6.45) is -5.86. The van der Waals surface area contributed by atoms with E-state index in [9.17, 15) is 22.8 Å². The molecular weight excluding hydrogens is 435 g/mol. The summed E-state index contributed by atoms with van der Waals surface area (Å²) in [6, 6.07) is 6.96. The molecule has 2 aliphatic rings. The van der Waals surface area contributed by atoms with Crippen LogP contribution >= 0.6 is 0 Å². The second-order valence-corrected chi connectivity index (χ2v) is 6.70. The highest BCUT2D eigenvalue weighted by Gasteiger charge is 2.30. The van der Waals surface area contributed by atoms with E-state index in [0.29, 0.717) is 5.69 Å². The van der Waals surface area contributed by atoms with E-state index >= 15 is 0 Å². The van der Waals surface area contributed by atoms with Crippen LogP contribution in [-0.2, 0) is 25.6 Å². The Morgan fingerprint density at radius 1 is 1.09 bits per heavy atom. The van der Waals surface area contributed by atoms with E-state index in [1.54, 1.807) is 24.3 Å². The molecule has 1 atom stereocenters. The van der Waals surface area contributed by atoms with Gasteiger partial charge in [-0.05, 0) is 17.7 Å². The normalized spacial score (nSPS) is 20.7. The first-order valence-electron chi connectivity index (χ1n) is 9.58. The molecule has 2 aliphatic heterocycles. The average Bonchev–Trinajstić information content (AvgIpc) is 2.73. The van der Waals surface area contributed by atoms with Crippen LogP contribution in [0.1, 0.15) is 5.56 Å². The van der Waals surface area contributed by atoms with E-state index in [0.717, 1.165) is 5.56 Å². The number of carbonyl (C=O) groups is 2. The molecule has 2 amide bonds. The van der Waals surface area contributed by atoms with Crippen molar-refractivity contribution in [2.24, 2.45) is 9.98 Å². The zero-order chi connectivity index (χ0) is 23.0. The second-order valence-electron chi connectivity index (χ2n) is 6.70. The molecule has 5 N–H and O–H groups in total. The number of amides is 2. The van der Waals surface area contributed by atoms with Crippen LogP contribution in [0.15, 0.2) is 34.3 Å². The van der Waals surface area contributed by atoms with Gasteiger partial charge < -0.3 is 30.7 Å². The monoisotopic (exact) mass is 457 g/mol. The van der Waals surface area contributed by atoms with Gasteiger partial charge in [0.2, 0.25) is 30.1 Å². The minimum atomic E-state index is -4.52. The third kappa shape index (κ3) is 8.03. The lowest BCUT2D eigenvalue weighted by atomic mass is 10.2. The van der Waals surface area contributed by atoms with E-state index in [1.165, 1.54) is 0 Å². The number of ether oxygens (including phenoxy) is 2. The van der Waals surface area contributed by atoms with Gasteiger partial charge >= 0.3 is 6.18 Å². The Kier molecular flexibility index (Phi) is 7.83. The molecule has 0 aromatic heterocycles. The van der Waals surface area contributed by atoms with Crippen molar-refractivity contribution in [1.82, 2.24) is 21.3 Å². The Bertz CT molecular complexity index is 892. The quantitative estimate of drug-likeness (QED) is 0.409. The summed E-state index contributed by atoms with van der Waals surface area (Å²) in [5, 5.41) is 13.6. The number of rotatable bonds is 2. The fourth-order valence-corrected chi connectivity index (χ4v) is 2.65. The molecule has 11 nitrogen and oxygen atoms in total. The van der Waals surface area contributed by atoms with Crippen molar-refractivity contribution in [3.8, 4) is 0 Å². The fourth-order valence-electron chi connectivity index (χ4n) is 2.65. The van der Waals surface area contributed by atoms with E-state index < -0.39 is 25.0 Å². The van der Waals surface area contributed by atoms with Crippen molar-refractivity contribution in [2.45, 2.75) is 19.1 Å². The molecule has 4 bridgehead atoms. The number of fused-ring (bicyclic) bond motifs is 4. The summed E-state index contributed by atoms with van der Waals surface area (Å²) in [7, 11) is 0. The first-order valence-corrected chi connectivity index (χ1v) is 9.58. The van der Waals surface area contributed by atoms with Crippen molar-refractivity contribution in [2.75, 3.05) is 38.2 Å². The molecule has 0 saturated carbocycles. The van der Waals surface area contributed by atoms with E-state index in [2.05, 4.69) is 36.6 Å². The van der Waals surface area contributed by atoms with Crippen molar-refractivity contribution in [3.63, 3.8) is 0 Å². The summed E-state index contributed by atoms with van der Waals surface area (Å²) in [5.41, 5.74) is 1.32. The van der Waals surface area contributed by atoms with Crippen molar-refractivity contribution < 1.29 is 32.2 Å². The number of anilines is 1. The summed E-state index contributed by atoms with van der Waals surface area (Å²) in [6.45, 7) is -1.62. The van der Waals surface area contributed by atoms with Crippen LogP contribution in [0.4, 0.5) is 18.9 Å². The standard InChI is InChI=1S/C18H22F3N7O4/c19-18(20,21)10-32-17-27-15-23-5-4-22-13(29)8-31-9-14(30)24-7-11-2-1-3-12(6-11)25-16(26-15)28-17/h1-3,6,17H,4-5,7-10H2,(H,22,29)(H,24,30)(H3,23,25,26,27,28). The number of halogens is 3. The van der Waals surface area contributed by atoms with Crippen LogP contribution in [-0.4, -0.2) is 69.2 Å². The third-order valence-electron chi connectivity index (χ3n) is 4.00. The van der Waals surface area contributed by atoms with Gasteiger partial charge in [0, 0.05) is 18.8 Å². The molecule has 0 fully saturated rings. The highest BCUT2D eigenvalue weighted by atomic mass is 19.4. The Hall–Kier alpha value is -3.39. The Morgan fingerprint density at radius 2 is 1.88 bits per heavy atom. The summed E-state index contributed by atoms with van der Waals surface area (Å²) < 4.78 is 47.5. The van der Waals surface area contributed by atoms with Crippen LogP contribution in [0.25, 0.3) is 0 Å². The predicted octanol–water partition coefficient (Wildman–Crippen LogP) is -0.372. The molecule has 3 rings (SSSR count). The van der Waals surface area contributed by atoms with Gasteiger partial charge in [-0.25, -0.2) is 0 Å². The Labute approximate surface area is 180 Å². The Balaban J connectivity index is 1.78. The fraction of sp³-hybridized carbons (Fsp3) is 0.444. The minimum absolute atomic E-state index is 0.106. The average molecular weight is 457 g/mol. The lowest BCUT2D eigenvalue weighted by molar-refractivity contribution is -0.186. The first kappa shape index (κ1) is 23.3. The smallest absolute Gasteiger partial charge is 0.362 e. The molecule has 1 aromatic carbocycles. The number of aliphatic imine (C=N–C) groups is 2. The number of alkyl halides is 3. The third-order valence-corrected chi connectivity index (χ3v) is 4.00. The maximum Gasteiger partial charge on any atom is 0.411 e. The molecule has 1 aromatic rings. The SMILES string of the molecule is O=C1COCC(=O)NCc2cccc(c2)NC2=NC(OCC(F)(F)F)NC(=NCCN1)N2. The van der Waals surface area contributed by atoms with E-state index in [4.69, 9.17) is 9.47 Å². The van der Waals surface area contributed by atoms with Gasteiger partial charge in [-0.2, -0.15) is 18.2 Å². The van der Waals surface area contributed by atoms with Gasteiger partial charge in [-0.15, -0.1) is 0 Å². The molecule has 0 saturated heterocycles. The summed E-state index contributed by atoms with van der Waals surface area (Å²) >= 11 is 0. The number of nitrogens with one attached hydrogen (secondary N) is 5. The van der Waals surface area contributed by atoms with Gasteiger partial charge in [0.15, 0.2) is 0 Å². The van der Waals surface area contributed by atoms with Gasteiger partial charge in [-0.1, -0.05) is 12.1 Å². The number of nitrogens with zero attached hydrogens (tertiary/aromatic N) is 2. The van der Waals surface area contributed by atoms with Gasteiger partial charge in [0.05, 0.1) is 6.54 Å². The number of hydrogen-bond donors (Lipinski definition) is 5. The molecule has 0 radical (unpaired) electrons. The number of hydrogen-bond acceptors (Lipinski definition) is 9.